The predicted octanol–water partition coefficient (Wildman–Crippen LogP) is 3.44. The van der Waals surface area contributed by atoms with Gasteiger partial charge in [-0.15, -0.1) is 0 Å². The molecule has 2 aromatic rings. The first kappa shape index (κ1) is 11.8. The number of nitrogens with zero attached hydrogens (tertiary/aromatic N) is 3. The van der Waals surface area contributed by atoms with Crippen LogP contribution in [-0.2, 0) is 6.54 Å². The summed E-state index contributed by atoms with van der Waals surface area (Å²) in [7, 11) is 0. The summed E-state index contributed by atoms with van der Waals surface area (Å²) >= 11 is 0. The Morgan fingerprint density at radius 1 is 1.29 bits per heavy atom. The zero-order chi connectivity index (χ0) is 12.1. The number of unbranched alkanes of at least 4 members (excludes halogenated alkanes) is 2. The first-order valence-electron chi connectivity index (χ1n) is 6.25. The molecule has 0 amide bonds. The summed E-state index contributed by atoms with van der Waals surface area (Å²) in [5.74, 6) is 1.08. The molecule has 0 radical (unpaired) electrons. The molecule has 2 aromatic heterocycles. The maximum absolute atomic E-state index is 4.58. The van der Waals surface area contributed by atoms with Crippen molar-refractivity contribution in [1.82, 2.24) is 14.5 Å². The fourth-order valence-corrected chi connectivity index (χ4v) is 1.92. The quantitative estimate of drug-likeness (QED) is 0.735. The molecule has 0 saturated heterocycles. The van der Waals surface area contributed by atoms with E-state index in [2.05, 4.69) is 34.6 Å². The van der Waals surface area contributed by atoms with Crippen LogP contribution in [0.2, 0.25) is 0 Å². The Balaban J connectivity index is 2.13. The van der Waals surface area contributed by atoms with Crippen molar-refractivity contribution in [2.45, 2.75) is 39.7 Å². The topological polar surface area (TPSA) is 30.7 Å². The summed E-state index contributed by atoms with van der Waals surface area (Å²) in [4.78, 5) is 8.71. The lowest BCUT2D eigenvalue weighted by atomic mass is 10.2. The highest BCUT2D eigenvalue weighted by Gasteiger charge is 2.05. The standard InChI is InChI=1S/C14H19N3/c1-3-4-5-9-17-11-14(16-12(17)2)13-7-6-8-15-10-13/h6-8,10-11H,3-5,9H2,1-2H3. The molecule has 17 heavy (non-hydrogen) atoms. The van der Waals surface area contributed by atoms with Crippen LogP contribution >= 0.6 is 0 Å². The molecule has 0 atom stereocenters. The Labute approximate surface area is 103 Å². The van der Waals surface area contributed by atoms with Gasteiger partial charge in [0.05, 0.1) is 5.69 Å². The van der Waals surface area contributed by atoms with Gasteiger partial charge in [-0.1, -0.05) is 19.8 Å². The molecule has 2 heterocycles. The largest absolute Gasteiger partial charge is 0.335 e. The van der Waals surface area contributed by atoms with E-state index in [4.69, 9.17) is 0 Å². The van der Waals surface area contributed by atoms with Crippen molar-refractivity contribution in [3.05, 3.63) is 36.5 Å². The maximum Gasteiger partial charge on any atom is 0.106 e. The lowest BCUT2D eigenvalue weighted by Gasteiger charge is -2.02. The molecule has 0 spiro atoms. The zero-order valence-corrected chi connectivity index (χ0v) is 10.6. The molecule has 0 N–H and O–H groups in total. The van der Waals surface area contributed by atoms with Crippen LogP contribution in [0.15, 0.2) is 30.7 Å². The number of hydrogen-bond acceptors (Lipinski definition) is 2. The summed E-state index contributed by atoms with van der Waals surface area (Å²) in [5.41, 5.74) is 2.11. The molecule has 0 aromatic carbocycles. The summed E-state index contributed by atoms with van der Waals surface area (Å²) in [6, 6.07) is 3.99. The second-order valence-electron chi connectivity index (χ2n) is 4.32. The third-order valence-electron chi connectivity index (χ3n) is 2.94. The molecule has 90 valence electrons. The van der Waals surface area contributed by atoms with Crippen LogP contribution in [-0.4, -0.2) is 14.5 Å². The van der Waals surface area contributed by atoms with Gasteiger partial charge in [0, 0.05) is 30.7 Å². The van der Waals surface area contributed by atoms with Crippen molar-refractivity contribution in [1.29, 1.82) is 0 Å². The molecule has 0 unspecified atom stereocenters. The summed E-state index contributed by atoms with van der Waals surface area (Å²) in [5, 5.41) is 0. The molecular weight excluding hydrogens is 210 g/mol. The van der Waals surface area contributed by atoms with E-state index < -0.39 is 0 Å². The fourth-order valence-electron chi connectivity index (χ4n) is 1.92. The first-order valence-corrected chi connectivity index (χ1v) is 6.25. The van der Waals surface area contributed by atoms with Gasteiger partial charge in [0.15, 0.2) is 0 Å². The molecule has 3 nitrogen and oxygen atoms in total. The summed E-state index contributed by atoms with van der Waals surface area (Å²) in [6.45, 7) is 5.35. The van der Waals surface area contributed by atoms with Crippen molar-refractivity contribution in [2.75, 3.05) is 0 Å². The first-order chi connectivity index (χ1) is 8.31. The second-order valence-corrected chi connectivity index (χ2v) is 4.32. The summed E-state index contributed by atoms with van der Waals surface area (Å²) in [6.07, 6.45) is 9.53. The molecule has 0 bridgehead atoms. The highest BCUT2D eigenvalue weighted by Crippen LogP contribution is 2.17. The maximum atomic E-state index is 4.58. The second kappa shape index (κ2) is 5.62. The van der Waals surface area contributed by atoms with Gasteiger partial charge in [-0.2, -0.15) is 0 Å². The molecule has 3 heteroatoms. The van der Waals surface area contributed by atoms with Crippen molar-refractivity contribution >= 4 is 0 Å². The Kier molecular flexibility index (Phi) is 3.91. The van der Waals surface area contributed by atoms with Crippen LogP contribution in [0.1, 0.15) is 32.0 Å². The van der Waals surface area contributed by atoms with E-state index in [-0.39, 0.29) is 0 Å². The molecule has 0 aliphatic carbocycles. The van der Waals surface area contributed by atoms with Crippen LogP contribution in [0.4, 0.5) is 0 Å². The van der Waals surface area contributed by atoms with Crippen LogP contribution < -0.4 is 0 Å². The Bertz CT molecular complexity index is 460. The number of aryl methyl sites for hydroxylation is 2. The van der Waals surface area contributed by atoms with Gasteiger partial charge < -0.3 is 4.57 Å². The van der Waals surface area contributed by atoms with Crippen molar-refractivity contribution in [3.63, 3.8) is 0 Å². The third kappa shape index (κ3) is 2.93. The van der Waals surface area contributed by atoms with Crippen LogP contribution in [0.25, 0.3) is 11.3 Å². The highest BCUT2D eigenvalue weighted by molar-refractivity contribution is 5.56. The van der Waals surface area contributed by atoms with Gasteiger partial charge in [-0.05, 0) is 25.5 Å². The molecule has 0 fully saturated rings. The van der Waals surface area contributed by atoms with Gasteiger partial charge in [-0.25, -0.2) is 4.98 Å². The monoisotopic (exact) mass is 229 g/mol. The number of imidazole rings is 1. The van der Waals surface area contributed by atoms with Crippen molar-refractivity contribution < 1.29 is 0 Å². The highest BCUT2D eigenvalue weighted by atomic mass is 15.1. The molecule has 0 aliphatic rings. The van der Waals surface area contributed by atoms with Crippen LogP contribution in [0.5, 0.6) is 0 Å². The normalized spacial score (nSPS) is 10.7. The van der Waals surface area contributed by atoms with E-state index in [0.717, 1.165) is 23.6 Å². The Morgan fingerprint density at radius 2 is 2.18 bits per heavy atom. The van der Waals surface area contributed by atoms with E-state index in [0.29, 0.717) is 0 Å². The van der Waals surface area contributed by atoms with E-state index in [1.165, 1.54) is 19.3 Å². The average molecular weight is 229 g/mol. The van der Waals surface area contributed by atoms with Gasteiger partial charge in [0.2, 0.25) is 0 Å². The third-order valence-corrected chi connectivity index (χ3v) is 2.94. The average Bonchev–Trinajstić information content (AvgIpc) is 2.73. The lowest BCUT2D eigenvalue weighted by Crippen LogP contribution is -1.98. The Hall–Kier alpha value is -1.64. The molecule has 2 rings (SSSR count). The number of hydrogen-bond donors (Lipinski definition) is 0. The van der Waals surface area contributed by atoms with Crippen molar-refractivity contribution in [2.24, 2.45) is 0 Å². The number of pyridine rings is 1. The lowest BCUT2D eigenvalue weighted by molar-refractivity contribution is 0.590. The van der Waals surface area contributed by atoms with Crippen molar-refractivity contribution in [3.8, 4) is 11.3 Å². The molecular formula is C14H19N3. The zero-order valence-electron chi connectivity index (χ0n) is 10.6. The SMILES string of the molecule is CCCCCn1cc(-c2cccnc2)nc1C. The van der Waals surface area contributed by atoms with E-state index in [9.17, 15) is 0 Å². The molecule has 0 aliphatic heterocycles. The number of aromatic nitrogens is 3. The van der Waals surface area contributed by atoms with Gasteiger partial charge in [0.1, 0.15) is 5.82 Å². The van der Waals surface area contributed by atoms with Crippen LogP contribution in [0, 0.1) is 6.92 Å². The molecule has 0 saturated carbocycles. The van der Waals surface area contributed by atoms with Gasteiger partial charge >= 0.3 is 0 Å². The minimum absolute atomic E-state index is 1.02. The van der Waals surface area contributed by atoms with Gasteiger partial charge in [0.25, 0.3) is 0 Å². The van der Waals surface area contributed by atoms with E-state index in [1.54, 1.807) is 6.20 Å². The van der Waals surface area contributed by atoms with Gasteiger partial charge in [-0.3, -0.25) is 4.98 Å². The summed E-state index contributed by atoms with van der Waals surface area (Å²) < 4.78 is 2.23. The number of rotatable bonds is 5. The van der Waals surface area contributed by atoms with E-state index >= 15 is 0 Å². The minimum Gasteiger partial charge on any atom is -0.335 e. The smallest absolute Gasteiger partial charge is 0.106 e. The predicted molar refractivity (Wildman–Crippen MR) is 69.7 cm³/mol. The van der Waals surface area contributed by atoms with Crippen LogP contribution in [0.3, 0.4) is 0 Å². The fraction of sp³-hybridized carbons (Fsp3) is 0.429. The Morgan fingerprint density at radius 3 is 2.88 bits per heavy atom. The minimum atomic E-state index is 1.02. The van der Waals surface area contributed by atoms with E-state index in [1.807, 2.05) is 18.3 Å².